The zero-order valence-corrected chi connectivity index (χ0v) is 15.6. The molecule has 1 aromatic rings. The molecular formula is C15H25FIN3O2. The number of benzene rings is 1. The van der Waals surface area contributed by atoms with Gasteiger partial charge in [-0.25, -0.2) is 9.38 Å². The number of hydrogen-bond donors (Lipinski definition) is 2. The van der Waals surface area contributed by atoms with E-state index in [0.29, 0.717) is 25.4 Å². The number of ether oxygens (including phenoxy) is 2. The number of methoxy groups -OCH3 is 1. The summed E-state index contributed by atoms with van der Waals surface area (Å²) in [5.74, 6) is 1.09. The van der Waals surface area contributed by atoms with Crippen molar-refractivity contribution in [2.24, 2.45) is 4.99 Å². The Bertz CT molecular complexity index is 429. The molecule has 0 aliphatic carbocycles. The second kappa shape index (κ2) is 12.5. The molecule has 0 heterocycles. The highest BCUT2D eigenvalue weighted by atomic mass is 127. The average Bonchev–Trinajstić information content (AvgIpc) is 2.47. The van der Waals surface area contributed by atoms with Gasteiger partial charge in [0.1, 0.15) is 17.7 Å². The zero-order valence-electron chi connectivity index (χ0n) is 13.3. The number of halogens is 2. The van der Waals surface area contributed by atoms with E-state index >= 15 is 0 Å². The second-order valence-corrected chi connectivity index (χ2v) is 4.52. The fourth-order valence-corrected chi connectivity index (χ4v) is 1.62. The molecule has 0 aliphatic heterocycles. The number of hydrogen-bond acceptors (Lipinski definition) is 3. The summed E-state index contributed by atoms with van der Waals surface area (Å²) in [6, 6.07) is 5.97. The molecule has 0 aliphatic rings. The minimum absolute atomic E-state index is 0. The highest BCUT2D eigenvalue weighted by Crippen LogP contribution is 2.12. The molecule has 1 unspecified atom stereocenters. The van der Waals surface area contributed by atoms with Crippen LogP contribution in [-0.4, -0.2) is 45.4 Å². The van der Waals surface area contributed by atoms with Crippen molar-refractivity contribution in [1.82, 2.24) is 10.6 Å². The van der Waals surface area contributed by atoms with Gasteiger partial charge in [-0.05, 0) is 38.1 Å². The van der Waals surface area contributed by atoms with Gasteiger partial charge in [-0.3, -0.25) is 0 Å². The Balaban J connectivity index is 0.00000441. The first-order valence-electron chi connectivity index (χ1n) is 7.09. The Morgan fingerprint density at radius 2 is 1.95 bits per heavy atom. The van der Waals surface area contributed by atoms with Crippen molar-refractivity contribution in [1.29, 1.82) is 0 Å². The molecule has 0 saturated heterocycles. The summed E-state index contributed by atoms with van der Waals surface area (Å²) >= 11 is 0. The minimum atomic E-state index is -0.273. The van der Waals surface area contributed by atoms with Crippen LogP contribution in [0.5, 0.6) is 5.75 Å². The first kappa shape index (κ1) is 20.9. The molecule has 0 spiro atoms. The van der Waals surface area contributed by atoms with Gasteiger partial charge in [0.15, 0.2) is 5.96 Å². The van der Waals surface area contributed by atoms with Crippen LogP contribution in [-0.2, 0) is 4.74 Å². The summed E-state index contributed by atoms with van der Waals surface area (Å²) in [4.78, 5) is 4.44. The monoisotopic (exact) mass is 425 g/mol. The van der Waals surface area contributed by atoms with Crippen molar-refractivity contribution >= 4 is 29.9 Å². The molecule has 0 fully saturated rings. The average molecular weight is 425 g/mol. The summed E-state index contributed by atoms with van der Waals surface area (Å²) in [7, 11) is 1.66. The van der Waals surface area contributed by atoms with Gasteiger partial charge < -0.3 is 20.1 Å². The van der Waals surface area contributed by atoms with Crippen LogP contribution in [0, 0.1) is 5.82 Å². The predicted molar refractivity (Wildman–Crippen MR) is 97.8 cm³/mol. The van der Waals surface area contributed by atoms with Crippen LogP contribution in [0.1, 0.15) is 13.8 Å². The van der Waals surface area contributed by atoms with E-state index in [2.05, 4.69) is 15.6 Å². The van der Waals surface area contributed by atoms with Gasteiger partial charge in [-0.2, -0.15) is 0 Å². The second-order valence-electron chi connectivity index (χ2n) is 4.52. The van der Waals surface area contributed by atoms with Gasteiger partial charge >= 0.3 is 0 Å². The maximum Gasteiger partial charge on any atom is 0.191 e. The third-order valence-electron chi connectivity index (χ3n) is 2.60. The van der Waals surface area contributed by atoms with E-state index in [1.165, 1.54) is 12.1 Å². The van der Waals surface area contributed by atoms with Crippen molar-refractivity contribution in [2.75, 3.05) is 33.4 Å². The lowest BCUT2D eigenvalue weighted by molar-refractivity contribution is 0.203. The highest BCUT2D eigenvalue weighted by Gasteiger charge is 2.04. The van der Waals surface area contributed by atoms with Gasteiger partial charge in [0.25, 0.3) is 0 Å². The van der Waals surface area contributed by atoms with Crippen molar-refractivity contribution in [3.63, 3.8) is 0 Å². The van der Waals surface area contributed by atoms with Gasteiger partial charge in [0.05, 0.1) is 13.2 Å². The molecule has 0 aromatic heterocycles. The van der Waals surface area contributed by atoms with Crippen LogP contribution in [0.3, 0.4) is 0 Å². The molecule has 0 saturated carbocycles. The topological polar surface area (TPSA) is 54.9 Å². The molecule has 126 valence electrons. The summed E-state index contributed by atoms with van der Waals surface area (Å²) in [5, 5.41) is 6.30. The summed E-state index contributed by atoms with van der Waals surface area (Å²) in [6.45, 7) is 6.52. The normalized spacial score (nSPS) is 12.3. The molecule has 2 N–H and O–H groups in total. The zero-order chi connectivity index (χ0) is 15.5. The number of guanidine groups is 1. The van der Waals surface area contributed by atoms with Crippen molar-refractivity contribution < 1.29 is 13.9 Å². The third kappa shape index (κ3) is 9.04. The predicted octanol–water partition coefficient (Wildman–Crippen LogP) is 2.41. The first-order chi connectivity index (χ1) is 10.2. The van der Waals surface area contributed by atoms with Gasteiger partial charge in [-0.15, -0.1) is 24.0 Å². The Morgan fingerprint density at radius 1 is 1.27 bits per heavy atom. The molecule has 1 rings (SSSR count). The lowest BCUT2D eigenvalue weighted by Crippen LogP contribution is -2.39. The molecule has 0 amide bonds. The lowest BCUT2D eigenvalue weighted by Gasteiger charge is -2.15. The van der Waals surface area contributed by atoms with Crippen LogP contribution < -0.4 is 15.4 Å². The molecule has 1 atom stereocenters. The smallest absolute Gasteiger partial charge is 0.191 e. The van der Waals surface area contributed by atoms with Crippen LogP contribution in [0.15, 0.2) is 29.3 Å². The van der Waals surface area contributed by atoms with Gasteiger partial charge in [0, 0.05) is 20.2 Å². The Kier molecular flexibility index (Phi) is 11.8. The summed E-state index contributed by atoms with van der Waals surface area (Å²) in [6.07, 6.45) is -0.103. The summed E-state index contributed by atoms with van der Waals surface area (Å²) in [5.41, 5.74) is 0. The van der Waals surface area contributed by atoms with Crippen molar-refractivity contribution in [3.8, 4) is 5.75 Å². The Morgan fingerprint density at radius 3 is 2.55 bits per heavy atom. The van der Waals surface area contributed by atoms with E-state index in [9.17, 15) is 4.39 Å². The Hall–Kier alpha value is -1.09. The molecular weight excluding hydrogens is 400 g/mol. The van der Waals surface area contributed by atoms with E-state index in [1.54, 1.807) is 19.2 Å². The maximum atomic E-state index is 12.8. The molecule has 7 heteroatoms. The van der Waals surface area contributed by atoms with E-state index in [-0.39, 0.29) is 35.9 Å². The fraction of sp³-hybridized carbons (Fsp3) is 0.533. The molecule has 0 radical (unpaired) electrons. The van der Waals surface area contributed by atoms with E-state index in [1.807, 2.05) is 13.8 Å². The third-order valence-corrected chi connectivity index (χ3v) is 2.60. The van der Waals surface area contributed by atoms with Crippen LogP contribution >= 0.6 is 24.0 Å². The van der Waals surface area contributed by atoms with Crippen LogP contribution in [0.4, 0.5) is 4.39 Å². The highest BCUT2D eigenvalue weighted by molar-refractivity contribution is 14.0. The van der Waals surface area contributed by atoms with Gasteiger partial charge in [0.2, 0.25) is 0 Å². The van der Waals surface area contributed by atoms with E-state index in [0.717, 1.165) is 12.5 Å². The van der Waals surface area contributed by atoms with E-state index < -0.39 is 0 Å². The Labute approximate surface area is 148 Å². The number of nitrogens with zero attached hydrogens (tertiary/aromatic N) is 1. The van der Waals surface area contributed by atoms with E-state index in [4.69, 9.17) is 9.47 Å². The van der Waals surface area contributed by atoms with Crippen LogP contribution in [0.25, 0.3) is 0 Å². The quantitative estimate of drug-likeness (QED) is 0.291. The van der Waals surface area contributed by atoms with Crippen LogP contribution in [0.2, 0.25) is 0 Å². The molecule has 22 heavy (non-hydrogen) atoms. The van der Waals surface area contributed by atoms with Gasteiger partial charge in [-0.1, -0.05) is 0 Å². The number of aliphatic imine (C=N–C) groups is 1. The summed E-state index contributed by atoms with van der Waals surface area (Å²) < 4.78 is 23.5. The van der Waals surface area contributed by atoms with Crippen molar-refractivity contribution in [2.45, 2.75) is 20.0 Å². The molecule has 0 bridgehead atoms. The lowest BCUT2D eigenvalue weighted by atomic mass is 10.3. The number of nitrogens with one attached hydrogen (secondary N) is 2. The SMILES string of the molecule is CCNC(=NCC(C)Oc1ccc(F)cc1)NCCOC.I. The largest absolute Gasteiger partial charge is 0.489 e. The minimum Gasteiger partial charge on any atom is -0.489 e. The molecule has 5 nitrogen and oxygen atoms in total. The molecule has 1 aromatic carbocycles. The maximum absolute atomic E-state index is 12.8. The fourth-order valence-electron chi connectivity index (χ4n) is 1.62. The first-order valence-corrected chi connectivity index (χ1v) is 7.09. The van der Waals surface area contributed by atoms with Crippen molar-refractivity contribution in [3.05, 3.63) is 30.1 Å². The number of rotatable bonds is 8. The standard InChI is InChI=1S/C15H24FN3O2.HI/c1-4-17-15(18-9-10-20-3)19-11-12(2)21-14-7-5-13(16)6-8-14;/h5-8,12H,4,9-11H2,1-3H3,(H2,17,18,19);1H.